The van der Waals surface area contributed by atoms with Gasteiger partial charge in [0.1, 0.15) is 0 Å². The van der Waals surface area contributed by atoms with Crippen molar-refractivity contribution in [1.82, 2.24) is 10.0 Å². The van der Waals surface area contributed by atoms with Crippen molar-refractivity contribution in [1.29, 1.82) is 0 Å². The predicted octanol–water partition coefficient (Wildman–Crippen LogP) is 1.78. The van der Waals surface area contributed by atoms with Gasteiger partial charge >= 0.3 is 0 Å². The first kappa shape index (κ1) is 12.8. The number of rotatable bonds is 2. The van der Waals surface area contributed by atoms with Crippen molar-refractivity contribution >= 4 is 5.91 Å². The second-order valence-corrected chi connectivity index (χ2v) is 5.14. The summed E-state index contributed by atoms with van der Waals surface area (Å²) in [5.74, 6) is -0.0723. The van der Waals surface area contributed by atoms with Crippen molar-refractivity contribution in [2.75, 3.05) is 14.1 Å². The number of nitrogens with two attached hydrogens (primary N) is 1. The molecule has 1 aliphatic rings. The molecule has 1 amide bonds. The Kier molecular flexibility index (Phi) is 2.85. The van der Waals surface area contributed by atoms with E-state index < -0.39 is 5.66 Å². The van der Waals surface area contributed by atoms with Crippen LogP contribution in [-0.2, 0) is 5.66 Å². The van der Waals surface area contributed by atoms with Gasteiger partial charge in [-0.15, -0.1) is 0 Å². The van der Waals surface area contributed by atoms with Gasteiger partial charge in [-0.1, -0.05) is 48.5 Å². The van der Waals surface area contributed by atoms with Gasteiger partial charge < -0.3 is 0 Å². The minimum absolute atomic E-state index is 0.0723. The highest BCUT2D eigenvalue weighted by Crippen LogP contribution is 2.40. The van der Waals surface area contributed by atoms with Crippen LogP contribution in [0.15, 0.2) is 54.6 Å². The van der Waals surface area contributed by atoms with Gasteiger partial charge in [0.05, 0.1) is 0 Å². The fourth-order valence-corrected chi connectivity index (χ4v) is 2.86. The number of hydrogen-bond acceptors (Lipinski definition) is 3. The number of carbonyl (C=O) groups excluding carboxylic acids is 1. The van der Waals surface area contributed by atoms with Crippen molar-refractivity contribution in [3.8, 4) is 0 Å². The highest BCUT2D eigenvalue weighted by molar-refractivity contribution is 6.00. The Morgan fingerprint density at radius 3 is 2.25 bits per heavy atom. The van der Waals surface area contributed by atoms with Crippen molar-refractivity contribution in [2.45, 2.75) is 5.66 Å². The third kappa shape index (κ3) is 1.59. The lowest BCUT2D eigenvalue weighted by Gasteiger charge is -2.39. The van der Waals surface area contributed by atoms with Crippen LogP contribution >= 0.6 is 0 Å². The highest BCUT2D eigenvalue weighted by Gasteiger charge is 2.49. The largest absolute Gasteiger partial charge is 0.300 e. The zero-order valence-electron chi connectivity index (χ0n) is 11.6. The summed E-state index contributed by atoms with van der Waals surface area (Å²) in [4.78, 5) is 12.6. The van der Waals surface area contributed by atoms with Crippen LogP contribution < -0.4 is 5.73 Å². The Labute approximate surface area is 118 Å². The third-order valence-electron chi connectivity index (χ3n) is 3.71. The molecule has 4 nitrogen and oxygen atoms in total. The van der Waals surface area contributed by atoms with Crippen molar-refractivity contribution in [3.63, 3.8) is 0 Å². The standard InChI is InChI=1S/C16H17N3O/c1-18(2)19-15(20)13-10-6-7-11-14(13)16(19,17)12-8-4-3-5-9-12/h3-11H,17H2,1-2H3/t16-/m0/s1. The van der Waals surface area contributed by atoms with E-state index in [2.05, 4.69) is 0 Å². The van der Waals surface area contributed by atoms with Gasteiger partial charge in [-0.3, -0.25) is 10.5 Å². The van der Waals surface area contributed by atoms with Crippen LogP contribution in [-0.4, -0.2) is 30.0 Å². The zero-order valence-corrected chi connectivity index (χ0v) is 11.6. The second-order valence-electron chi connectivity index (χ2n) is 5.14. The lowest BCUT2D eigenvalue weighted by atomic mass is 9.92. The van der Waals surface area contributed by atoms with E-state index in [1.54, 1.807) is 10.0 Å². The number of nitrogens with zero attached hydrogens (tertiary/aromatic N) is 2. The molecule has 0 bridgehead atoms. The molecule has 0 saturated carbocycles. The fraction of sp³-hybridized carbons (Fsp3) is 0.188. The maximum Gasteiger partial charge on any atom is 0.270 e. The molecule has 1 atom stereocenters. The second kappa shape index (κ2) is 4.44. The topological polar surface area (TPSA) is 49.6 Å². The zero-order chi connectivity index (χ0) is 14.3. The Morgan fingerprint density at radius 2 is 1.60 bits per heavy atom. The molecular weight excluding hydrogens is 250 g/mol. The van der Waals surface area contributed by atoms with Gasteiger partial charge in [0.25, 0.3) is 5.91 Å². The summed E-state index contributed by atoms with van der Waals surface area (Å²) in [7, 11) is 3.66. The van der Waals surface area contributed by atoms with Gasteiger partial charge in [0, 0.05) is 25.2 Å². The molecule has 20 heavy (non-hydrogen) atoms. The first-order valence-electron chi connectivity index (χ1n) is 6.52. The van der Waals surface area contributed by atoms with Crippen LogP contribution in [0, 0.1) is 0 Å². The molecule has 102 valence electrons. The van der Waals surface area contributed by atoms with E-state index in [9.17, 15) is 4.79 Å². The minimum atomic E-state index is -0.960. The maximum absolute atomic E-state index is 12.6. The van der Waals surface area contributed by atoms with E-state index in [0.29, 0.717) is 5.56 Å². The average Bonchev–Trinajstić information content (AvgIpc) is 2.70. The summed E-state index contributed by atoms with van der Waals surface area (Å²) in [6.07, 6.45) is 0. The summed E-state index contributed by atoms with van der Waals surface area (Å²) in [5.41, 5.74) is 8.12. The maximum atomic E-state index is 12.6. The third-order valence-corrected chi connectivity index (χ3v) is 3.71. The molecule has 0 spiro atoms. The molecule has 2 aromatic rings. The average molecular weight is 267 g/mol. The molecule has 1 aliphatic heterocycles. The van der Waals surface area contributed by atoms with E-state index in [-0.39, 0.29) is 5.91 Å². The van der Waals surface area contributed by atoms with E-state index in [0.717, 1.165) is 11.1 Å². The quantitative estimate of drug-likeness (QED) is 0.902. The molecule has 1 heterocycles. The number of amides is 1. The Hall–Kier alpha value is -2.17. The molecule has 0 unspecified atom stereocenters. The number of fused-ring (bicyclic) bond motifs is 1. The first-order chi connectivity index (χ1) is 9.56. The fourth-order valence-electron chi connectivity index (χ4n) is 2.86. The van der Waals surface area contributed by atoms with Crippen LogP contribution in [0.4, 0.5) is 0 Å². The van der Waals surface area contributed by atoms with E-state index in [1.165, 1.54) is 0 Å². The summed E-state index contributed by atoms with van der Waals surface area (Å²) < 4.78 is 0. The smallest absolute Gasteiger partial charge is 0.270 e. The molecule has 4 heteroatoms. The van der Waals surface area contributed by atoms with Gasteiger partial charge in [0.15, 0.2) is 5.66 Å². The lowest BCUT2D eigenvalue weighted by molar-refractivity contribution is -0.0245. The van der Waals surface area contributed by atoms with Gasteiger partial charge in [-0.25, -0.2) is 10.0 Å². The van der Waals surface area contributed by atoms with Crippen LogP contribution in [0.2, 0.25) is 0 Å². The van der Waals surface area contributed by atoms with Crippen LogP contribution in [0.3, 0.4) is 0 Å². The molecule has 0 aromatic heterocycles. The van der Waals surface area contributed by atoms with E-state index in [4.69, 9.17) is 5.73 Å². The number of carbonyl (C=O) groups is 1. The van der Waals surface area contributed by atoms with E-state index >= 15 is 0 Å². The van der Waals surface area contributed by atoms with Crippen LogP contribution in [0.25, 0.3) is 0 Å². The van der Waals surface area contributed by atoms with Gasteiger partial charge in [-0.2, -0.15) is 0 Å². The summed E-state index contributed by atoms with van der Waals surface area (Å²) >= 11 is 0. The molecule has 0 saturated heterocycles. The summed E-state index contributed by atoms with van der Waals surface area (Å²) in [5, 5.41) is 3.35. The Bertz CT molecular complexity index is 654. The first-order valence-corrected chi connectivity index (χ1v) is 6.52. The van der Waals surface area contributed by atoms with Crippen LogP contribution in [0.5, 0.6) is 0 Å². The summed E-state index contributed by atoms with van der Waals surface area (Å²) in [6, 6.07) is 17.2. The number of benzene rings is 2. The molecule has 0 radical (unpaired) electrons. The minimum Gasteiger partial charge on any atom is -0.300 e. The molecule has 2 aromatic carbocycles. The van der Waals surface area contributed by atoms with Crippen molar-refractivity contribution in [2.24, 2.45) is 5.73 Å². The molecule has 3 rings (SSSR count). The molecule has 0 fully saturated rings. The molecular formula is C16H17N3O. The normalized spacial score (nSPS) is 21.4. The monoisotopic (exact) mass is 267 g/mol. The highest BCUT2D eigenvalue weighted by atomic mass is 16.2. The number of hydrazine groups is 1. The van der Waals surface area contributed by atoms with Gasteiger partial charge in [-0.05, 0) is 11.6 Å². The molecule has 2 N–H and O–H groups in total. The predicted molar refractivity (Wildman–Crippen MR) is 77.7 cm³/mol. The lowest BCUT2D eigenvalue weighted by Crippen LogP contribution is -2.57. The van der Waals surface area contributed by atoms with Crippen LogP contribution in [0.1, 0.15) is 21.5 Å². The molecule has 0 aliphatic carbocycles. The summed E-state index contributed by atoms with van der Waals surface area (Å²) in [6.45, 7) is 0. The van der Waals surface area contributed by atoms with Gasteiger partial charge in [0.2, 0.25) is 0 Å². The van der Waals surface area contributed by atoms with Crippen molar-refractivity contribution < 1.29 is 4.79 Å². The Balaban J connectivity index is 2.28. The van der Waals surface area contributed by atoms with E-state index in [1.807, 2.05) is 68.7 Å². The SMILES string of the molecule is CN(C)N1C(=O)c2ccccc2[C@]1(N)c1ccccc1. The number of hydrogen-bond donors (Lipinski definition) is 1. The van der Waals surface area contributed by atoms with Crippen molar-refractivity contribution in [3.05, 3.63) is 71.3 Å². The Morgan fingerprint density at radius 1 is 1.00 bits per heavy atom.